The Hall–Kier alpha value is -1.54. The Labute approximate surface area is 121 Å². The van der Waals surface area contributed by atoms with Crippen molar-refractivity contribution in [1.82, 2.24) is 4.98 Å². The molecule has 5 nitrogen and oxygen atoms in total. The van der Waals surface area contributed by atoms with Crippen LogP contribution < -0.4 is 10.6 Å². The zero-order valence-electron chi connectivity index (χ0n) is 12.0. The summed E-state index contributed by atoms with van der Waals surface area (Å²) in [7, 11) is 0. The van der Waals surface area contributed by atoms with Crippen LogP contribution in [-0.2, 0) is 6.18 Å². The fourth-order valence-electron chi connectivity index (χ4n) is 1.54. The van der Waals surface area contributed by atoms with Gasteiger partial charge in [0.2, 0.25) is 0 Å². The van der Waals surface area contributed by atoms with Gasteiger partial charge in [-0.3, -0.25) is 0 Å². The highest BCUT2D eigenvalue weighted by atomic mass is 19.4. The zero-order chi connectivity index (χ0) is 16.1. The number of pyridine rings is 1. The SMILES string of the molecule is CCCNc1cc(C(F)(F)F)cc(NC(C)(CO)CO)n1. The van der Waals surface area contributed by atoms with Crippen LogP contribution in [0.2, 0.25) is 0 Å². The van der Waals surface area contributed by atoms with Gasteiger partial charge in [-0.1, -0.05) is 6.92 Å². The summed E-state index contributed by atoms with van der Waals surface area (Å²) in [5.74, 6) is 0.0291. The molecule has 0 atom stereocenters. The molecule has 0 aromatic carbocycles. The Morgan fingerprint density at radius 1 is 1.14 bits per heavy atom. The summed E-state index contributed by atoms with van der Waals surface area (Å²) in [6.45, 7) is 2.96. The number of rotatable bonds is 7. The van der Waals surface area contributed by atoms with Crippen LogP contribution in [0, 0.1) is 0 Å². The van der Waals surface area contributed by atoms with Crippen molar-refractivity contribution >= 4 is 11.6 Å². The number of aliphatic hydroxyl groups is 2. The molecule has 1 aromatic rings. The number of anilines is 2. The largest absolute Gasteiger partial charge is 0.416 e. The molecule has 1 rings (SSSR count). The van der Waals surface area contributed by atoms with Crippen LogP contribution in [0.3, 0.4) is 0 Å². The van der Waals surface area contributed by atoms with Crippen molar-refractivity contribution < 1.29 is 23.4 Å². The van der Waals surface area contributed by atoms with Gasteiger partial charge in [-0.05, 0) is 25.5 Å². The summed E-state index contributed by atoms with van der Waals surface area (Å²) < 4.78 is 38.7. The quantitative estimate of drug-likeness (QED) is 0.620. The topological polar surface area (TPSA) is 77.4 Å². The normalized spacial score (nSPS) is 12.3. The van der Waals surface area contributed by atoms with Gasteiger partial charge >= 0.3 is 6.18 Å². The van der Waals surface area contributed by atoms with Crippen LogP contribution in [0.4, 0.5) is 24.8 Å². The molecule has 0 aliphatic rings. The average molecular weight is 307 g/mol. The molecular formula is C13H20F3N3O2. The van der Waals surface area contributed by atoms with E-state index < -0.39 is 30.5 Å². The number of alkyl halides is 3. The Morgan fingerprint density at radius 2 is 1.71 bits per heavy atom. The van der Waals surface area contributed by atoms with E-state index in [1.54, 1.807) is 0 Å². The standard InChI is InChI=1S/C13H20F3N3O2/c1-3-4-17-10-5-9(13(14,15)16)6-11(18-10)19-12(2,7-20)8-21/h5-6,20-21H,3-4,7-8H2,1-2H3,(H2,17,18,19). The second-order valence-corrected chi connectivity index (χ2v) is 5.05. The number of aliphatic hydroxyl groups excluding tert-OH is 2. The first-order valence-corrected chi connectivity index (χ1v) is 6.57. The number of hydrogen-bond donors (Lipinski definition) is 4. The number of halogens is 3. The number of aromatic nitrogens is 1. The maximum absolute atomic E-state index is 12.9. The van der Waals surface area contributed by atoms with E-state index in [2.05, 4.69) is 15.6 Å². The van der Waals surface area contributed by atoms with Gasteiger partial charge < -0.3 is 20.8 Å². The zero-order valence-corrected chi connectivity index (χ0v) is 12.0. The highest BCUT2D eigenvalue weighted by molar-refractivity contribution is 5.51. The summed E-state index contributed by atoms with van der Waals surface area (Å²) in [5, 5.41) is 23.8. The predicted octanol–water partition coefficient (Wildman–Crippen LogP) is 2.08. The lowest BCUT2D eigenvalue weighted by molar-refractivity contribution is -0.137. The Kier molecular flexibility index (Phi) is 5.79. The lowest BCUT2D eigenvalue weighted by Crippen LogP contribution is -2.42. The lowest BCUT2D eigenvalue weighted by atomic mass is 10.1. The fourth-order valence-corrected chi connectivity index (χ4v) is 1.54. The molecule has 0 radical (unpaired) electrons. The molecular weight excluding hydrogens is 287 g/mol. The molecule has 21 heavy (non-hydrogen) atoms. The van der Waals surface area contributed by atoms with Crippen molar-refractivity contribution in [3.05, 3.63) is 17.7 Å². The van der Waals surface area contributed by atoms with Crippen LogP contribution in [-0.4, -0.2) is 40.5 Å². The Bertz CT molecular complexity index is 462. The van der Waals surface area contributed by atoms with Gasteiger partial charge in [0, 0.05) is 6.54 Å². The molecule has 0 amide bonds. The van der Waals surface area contributed by atoms with Crippen molar-refractivity contribution in [1.29, 1.82) is 0 Å². The average Bonchev–Trinajstić information content (AvgIpc) is 2.43. The minimum absolute atomic E-state index is 0.0611. The first-order chi connectivity index (χ1) is 9.74. The minimum atomic E-state index is -4.50. The van der Waals surface area contributed by atoms with Crippen molar-refractivity contribution in [3.8, 4) is 0 Å². The summed E-state index contributed by atoms with van der Waals surface area (Å²) in [4.78, 5) is 4.02. The molecule has 0 aliphatic heterocycles. The van der Waals surface area contributed by atoms with Gasteiger partial charge in [-0.15, -0.1) is 0 Å². The summed E-state index contributed by atoms with van der Waals surface area (Å²) in [6, 6.07) is 1.77. The first-order valence-electron chi connectivity index (χ1n) is 6.57. The molecule has 1 aromatic heterocycles. The number of nitrogens with one attached hydrogen (secondary N) is 2. The third-order valence-corrected chi connectivity index (χ3v) is 2.84. The van der Waals surface area contributed by atoms with Crippen molar-refractivity contribution in [2.24, 2.45) is 0 Å². The predicted molar refractivity (Wildman–Crippen MR) is 74.2 cm³/mol. The molecule has 0 bridgehead atoms. The van der Waals surface area contributed by atoms with E-state index in [4.69, 9.17) is 0 Å². The van der Waals surface area contributed by atoms with Crippen molar-refractivity contribution in [3.63, 3.8) is 0 Å². The van der Waals surface area contributed by atoms with E-state index in [1.165, 1.54) is 6.92 Å². The second kappa shape index (κ2) is 6.95. The second-order valence-electron chi connectivity index (χ2n) is 5.05. The molecule has 0 saturated heterocycles. The van der Waals surface area contributed by atoms with Gasteiger partial charge in [0.05, 0.1) is 24.3 Å². The third kappa shape index (κ3) is 5.05. The monoisotopic (exact) mass is 307 g/mol. The summed E-state index contributed by atoms with van der Waals surface area (Å²) in [5.41, 5.74) is -2.00. The molecule has 0 spiro atoms. The van der Waals surface area contributed by atoms with Gasteiger partial charge in [-0.2, -0.15) is 13.2 Å². The number of hydrogen-bond acceptors (Lipinski definition) is 5. The van der Waals surface area contributed by atoms with Crippen LogP contribution >= 0.6 is 0 Å². The highest BCUT2D eigenvalue weighted by Crippen LogP contribution is 2.32. The van der Waals surface area contributed by atoms with E-state index >= 15 is 0 Å². The van der Waals surface area contributed by atoms with Gasteiger partial charge in [-0.25, -0.2) is 4.98 Å². The van der Waals surface area contributed by atoms with Crippen LogP contribution in [0.5, 0.6) is 0 Å². The Balaban J connectivity index is 3.12. The van der Waals surface area contributed by atoms with E-state index in [0.717, 1.165) is 18.6 Å². The lowest BCUT2D eigenvalue weighted by Gasteiger charge is -2.27. The van der Waals surface area contributed by atoms with Gasteiger partial charge in [0.25, 0.3) is 0 Å². The maximum atomic E-state index is 12.9. The molecule has 0 fully saturated rings. The van der Waals surface area contributed by atoms with Gasteiger partial charge in [0.1, 0.15) is 11.6 Å². The molecule has 0 aliphatic carbocycles. The van der Waals surface area contributed by atoms with Crippen LogP contribution in [0.1, 0.15) is 25.8 Å². The third-order valence-electron chi connectivity index (χ3n) is 2.84. The maximum Gasteiger partial charge on any atom is 0.416 e. The molecule has 120 valence electrons. The molecule has 8 heteroatoms. The van der Waals surface area contributed by atoms with Crippen LogP contribution in [0.25, 0.3) is 0 Å². The van der Waals surface area contributed by atoms with Crippen LogP contribution in [0.15, 0.2) is 12.1 Å². The summed E-state index contributed by atoms with van der Waals surface area (Å²) >= 11 is 0. The van der Waals surface area contributed by atoms with E-state index in [1.807, 2.05) is 6.92 Å². The van der Waals surface area contributed by atoms with E-state index in [0.29, 0.717) is 6.54 Å². The highest BCUT2D eigenvalue weighted by Gasteiger charge is 2.32. The molecule has 4 N–H and O–H groups in total. The fraction of sp³-hybridized carbons (Fsp3) is 0.615. The molecule has 0 unspecified atom stereocenters. The van der Waals surface area contributed by atoms with E-state index in [-0.39, 0.29) is 11.6 Å². The summed E-state index contributed by atoms with van der Waals surface area (Å²) in [6.07, 6.45) is -3.76. The van der Waals surface area contributed by atoms with E-state index in [9.17, 15) is 23.4 Å². The minimum Gasteiger partial charge on any atom is -0.394 e. The first kappa shape index (κ1) is 17.5. The molecule has 1 heterocycles. The molecule has 0 saturated carbocycles. The smallest absolute Gasteiger partial charge is 0.394 e. The van der Waals surface area contributed by atoms with Gasteiger partial charge in [0.15, 0.2) is 0 Å². The Morgan fingerprint density at radius 3 is 2.19 bits per heavy atom. The number of nitrogens with zero attached hydrogens (tertiary/aromatic N) is 1. The van der Waals surface area contributed by atoms with Crippen molar-refractivity contribution in [2.75, 3.05) is 30.4 Å². The van der Waals surface area contributed by atoms with Crippen molar-refractivity contribution in [2.45, 2.75) is 32.0 Å².